The number of aromatic nitrogens is 2. The third kappa shape index (κ3) is 3.18. The van der Waals surface area contributed by atoms with Gasteiger partial charge in [-0.2, -0.15) is 5.10 Å². The monoisotopic (exact) mass is 357 g/mol. The first-order valence-electron chi connectivity index (χ1n) is 7.81. The van der Waals surface area contributed by atoms with Gasteiger partial charge in [-0.15, -0.1) is 0 Å². The molecule has 1 atom stereocenters. The van der Waals surface area contributed by atoms with E-state index in [1.165, 1.54) is 0 Å². The van der Waals surface area contributed by atoms with Crippen molar-refractivity contribution in [3.63, 3.8) is 0 Å². The largest absolute Gasteiger partial charge is 0.372 e. The van der Waals surface area contributed by atoms with E-state index >= 15 is 0 Å². The lowest BCUT2D eigenvalue weighted by atomic mass is 9.89. The van der Waals surface area contributed by atoms with E-state index in [1.807, 2.05) is 11.6 Å². The van der Waals surface area contributed by atoms with Crippen LogP contribution in [-0.4, -0.2) is 41.2 Å². The van der Waals surface area contributed by atoms with Crippen LogP contribution in [0.3, 0.4) is 0 Å². The molecular formula is C15H24BrN3O2. The fourth-order valence-corrected chi connectivity index (χ4v) is 3.74. The van der Waals surface area contributed by atoms with Crippen LogP contribution in [0.2, 0.25) is 0 Å². The minimum absolute atomic E-state index is 0.0636. The van der Waals surface area contributed by atoms with Crippen LogP contribution in [0.4, 0.5) is 0 Å². The number of aryl methyl sites for hydroxylation is 2. The molecule has 2 saturated heterocycles. The molecule has 2 fully saturated rings. The second-order valence-electron chi connectivity index (χ2n) is 6.04. The number of piperidine rings is 1. The van der Waals surface area contributed by atoms with Crippen molar-refractivity contribution in [1.29, 1.82) is 0 Å². The first-order chi connectivity index (χ1) is 10.1. The molecule has 0 aromatic carbocycles. The van der Waals surface area contributed by atoms with Crippen molar-refractivity contribution in [3.8, 4) is 0 Å². The second-order valence-corrected chi connectivity index (χ2v) is 6.84. The molecule has 0 amide bonds. The van der Waals surface area contributed by atoms with Crippen molar-refractivity contribution < 1.29 is 9.47 Å². The molecule has 21 heavy (non-hydrogen) atoms. The molecule has 5 nitrogen and oxygen atoms in total. The predicted molar refractivity (Wildman–Crippen MR) is 84.3 cm³/mol. The van der Waals surface area contributed by atoms with Gasteiger partial charge in [-0.3, -0.25) is 4.68 Å². The predicted octanol–water partition coefficient (Wildman–Crippen LogP) is 2.40. The Bertz CT molecular complexity index is 497. The van der Waals surface area contributed by atoms with E-state index in [9.17, 15) is 0 Å². The third-order valence-electron chi connectivity index (χ3n) is 4.60. The zero-order valence-electron chi connectivity index (χ0n) is 12.8. The molecule has 6 heteroatoms. The van der Waals surface area contributed by atoms with Crippen LogP contribution < -0.4 is 5.32 Å². The summed E-state index contributed by atoms with van der Waals surface area (Å²) in [6.07, 6.45) is 3.42. The van der Waals surface area contributed by atoms with Crippen molar-refractivity contribution in [2.75, 3.05) is 19.7 Å². The van der Waals surface area contributed by atoms with Gasteiger partial charge in [0.05, 0.1) is 40.8 Å². The average Bonchev–Trinajstić information content (AvgIpc) is 3.00. The summed E-state index contributed by atoms with van der Waals surface area (Å²) in [7, 11) is 0. The fourth-order valence-electron chi connectivity index (χ4n) is 3.34. The Hall–Kier alpha value is -0.430. The molecule has 0 radical (unpaired) electrons. The highest BCUT2D eigenvalue weighted by Gasteiger charge is 2.41. The maximum Gasteiger partial charge on any atom is 0.0901 e. The van der Waals surface area contributed by atoms with E-state index in [2.05, 4.69) is 33.3 Å². The van der Waals surface area contributed by atoms with Gasteiger partial charge >= 0.3 is 0 Å². The summed E-state index contributed by atoms with van der Waals surface area (Å²) in [5, 5.41) is 7.90. The highest BCUT2D eigenvalue weighted by molar-refractivity contribution is 9.10. The average molecular weight is 358 g/mol. The number of hydrogen-bond donors (Lipinski definition) is 1. The summed E-state index contributed by atoms with van der Waals surface area (Å²) in [4.78, 5) is 0. The summed E-state index contributed by atoms with van der Waals surface area (Å²) in [6, 6.07) is 0. The molecule has 3 heterocycles. The van der Waals surface area contributed by atoms with Crippen LogP contribution in [0.25, 0.3) is 0 Å². The second kappa shape index (κ2) is 6.36. The lowest BCUT2D eigenvalue weighted by molar-refractivity contribution is -0.0243. The molecule has 2 aliphatic rings. The van der Waals surface area contributed by atoms with Gasteiger partial charge in [0.1, 0.15) is 0 Å². The first-order valence-corrected chi connectivity index (χ1v) is 8.61. The van der Waals surface area contributed by atoms with Gasteiger partial charge in [-0.1, -0.05) is 0 Å². The van der Waals surface area contributed by atoms with E-state index in [1.54, 1.807) is 0 Å². The molecule has 2 aliphatic heterocycles. The molecule has 1 unspecified atom stereocenters. The Labute approximate surface area is 134 Å². The Balaban J connectivity index is 1.59. The molecule has 1 spiro atoms. The maximum atomic E-state index is 6.12. The molecule has 3 rings (SSSR count). The third-order valence-corrected chi connectivity index (χ3v) is 5.63. The normalized spacial score (nSPS) is 24.8. The standard InChI is InChI=1S/C15H24BrN3O2/c1-3-19-13(14(16)11(2)18-19)10-20-12-8-15(21-9-12)4-6-17-7-5-15/h12,17H,3-10H2,1-2H3. The van der Waals surface area contributed by atoms with Gasteiger partial charge < -0.3 is 14.8 Å². The minimum Gasteiger partial charge on any atom is -0.372 e. The quantitative estimate of drug-likeness (QED) is 0.898. The van der Waals surface area contributed by atoms with Crippen LogP contribution in [0, 0.1) is 6.92 Å². The SMILES string of the molecule is CCn1nc(C)c(Br)c1COC1COC2(CCNCC2)C1. The van der Waals surface area contributed by atoms with Crippen LogP contribution >= 0.6 is 15.9 Å². The molecule has 0 saturated carbocycles. The van der Waals surface area contributed by atoms with Gasteiger partial charge in [0.15, 0.2) is 0 Å². The molecule has 1 aromatic heterocycles. The number of nitrogens with zero attached hydrogens (tertiary/aromatic N) is 2. The van der Waals surface area contributed by atoms with E-state index in [0.29, 0.717) is 6.61 Å². The Morgan fingerprint density at radius 2 is 2.24 bits per heavy atom. The number of nitrogens with one attached hydrogen (secondary N) is 1. The number of halogens is 1. The first kappa shape index (κ1) is 15.5. The Morgan fingerprint density at radius 1 is 1.48 bits per heavy atom. The van der Waals surface area contributed by atoms with Crippen LogP contribution in [0.5, 0.6) is 0 Å². The zero-order chi connectivity index (χ0) is 14.9. The highest BCUT2D eigenvalue weighted by Crippen LogP contribution is 2.35. The topological polar surface area (TPSA) is 48.3 Å². The van der Waals surface area contributed by atoms with Crippen molar-refractivity contribution >= 4 is 15.9 Å². The number of hydrogen-bond acceptors (Lipinski definition) is 4. The molecule has 0 aliphatic carbocycles. The van der Waals surface area contributed by atoms with E-state index in [0.717, 1.165) is 61.4 Å². The van der Waals surface area contributed by atoms with Crippen LogP contribution in [0.15, 0.2) is 4.47 Å². The van der Waals surface area contributed by atoms with E-state index in [-0.39, 0.29) is 11.7 Å². The summed E-state index contributed by atoms with van der Waals surface area (Å²) in [5.41, 5.74) is 2.21. The smallest absolute Gasteiger partial charge is 0.0901 e. The van der Waals surface area contributed by atoms with Crippen molar-refractivity contribution in [1.82, 2.24) is 15.1 Å². The van der Waals surface area contributed by atoms with Gasteiger partial charge in [-0.05, 0) is 55.7 Å². The molecule has 0 bridgehead atoms. The number of ether oxygens (including phenoxy) is 2. The molecule has 1 aromatic rings. The van der Waals surface area contributed by atoms with E-state index in [4.69, 9.17) is 9.47 Å². The zero-order valence-corrected chi connectivity index (χ0v) is 14.4. The lowest BCUT2D eigenvalue weighted by Gasteiger charge is -2.32. The Morgan fingerprint density at radius 3 is 2.95 bits per heavy atom. The lowest BCUT2D eigenvalue weighted by Crippen LogP contribution is -2.41. The highest BCUT2D eigenvalue weighted by atomic mass is 79.9. The fraction of sp³-hybridized carbons (Fsp3) is 0.800. The van der Waals surface area contributed by atoms with Gasteiger partial charge in [0, 0.05) is 13.0 Å². The van der Waals surface area contributed by atoms with Crippen LogP contribution in [-0.2, 0) is 22.6 Å². The minimum atomic E-state index is 0.0636. The summed E-state index contributed by atoms with van der Waals surface area (Å²) < 4.78 is 15.3. The summed E-state index contributed by atoms with van der Waals surface area (Å²) >= 11 is 3.62. The molecular weight excluding hydrogens is 334 g/mol. The van der Waals surface area contributed by atoms with E-state index < -0.39 is 0 Å². The summed E-state index contributed by atoms with van der Waals surface area (Å²) in [6.45, 7) is 8.41. The van der Waals surface area contributed by atoms with Gasteiger partial charge in [0.2, 0.25) is 0 Å². The Kier molecular flexibility index (Phi) is 4.69. The van der Waals surface area contributed by atoms with Gasteiger partial charge in [-0.25, -0.2) is 0 Å². The van der Waals surface area contributed by atoms with Crippen molar-refractivity contribution in [3.05, 3.63) is 15.9 Å². The molecule has 1 N–H and O–H groups in total. The maximum absolute atomic E-state index is 6.12. The van der Waals surface area contributed by atoms with Crippen LogP contribution in [0.1, 0.15) is 37.6 Å². The number of rotatable bonds is 4. The van der Waals surface area contributed by atoms with Crippen molar-refractivity contribution in [2.45, 2.75) is 58.0 Å². The summed E-state index contributed by atoms with van der Waals surface area (Å²) in [5.74, 6) is 0. The molecule has 118 valence electrons. The van der Waals surface area contributed by atoms with Crippen molar-refractivity contribution in [2.24, 2.45) is 0 Å². The van der Waals surface area contributed by atoms with Gasteiger partial charge in [0.25, 0.3) is 0 Å².